The second-order valence-corrected chi connectivity index (χ2v) is 3.25. The fourth-order valence-corrected chi connectivity index (χ4v) is 1.39. The molecule has 11 heavy (non-hydrogen) atoms. The van der Waals surface area contributed by atoms with E-state index in [1.54, 1.807) is 4.68 Å². The van der Waals surface area contributed by atoms with Gasteiger partial charge in [0.05, 0.1) is 11.8 Å². The number of nitriles is 1. The maximum Gasteiger partial charge on any atom is 0.129 e. The Morgan fingerprint density at radius 3 is 2.82 bits per heavy atom. The summed E-state index contributed by atoms with van der Waals surface area (Å²) in [7, 11) is 1.84. The average molecular weight is 214 g/mol. The average Bonchev–Trinajstić information content (AvgIpc) is 2.28. The first kappa shape index (κ1) is 8.28. The summed E-state index contributed by atoms with van der Waals surface area (Å²) in [6.45, 7) is 1.89. The highest BCUT2D eigenvalue weighted by Crippen LogP contribution is 2.23. The maximum atomic E-state index is 8.59. The molecule has 1 heterocycles. The van der Waals surface area contributed by atoms with E-state index in [0.717, 1.165) is 11.3 Å². The monoisotopic (exact) mass is 213 g/mol. The van der Waals surface area contributed by atoms with Crippen LogP contribution in [0.15, 0.2) is 6.20 Å². The van der Waals surface area contributed by atoms with E-state index in [4.69, 9.17) is 5.26 Å². The van der Waals surface area contributed by atoms with Gasteiger partial charge in [-0.05, 0) is 6.92 Å². The third-order valence-electron chi connectivity index (χ3n) is 1.44. The van der Waals surface area contributed by atoms with Gasteiger partial charge in [-0.1, -0.05) is 15.9 Å². The van der Waals surface area contributed by atoms with Gasteiger partial charge in [0.1, 0.15) is 4.83 Å². The summed E-state index contributed by atoms with van der Waals surface area (Å²) in [4.78, 5) is -0.240. The minimum absolute atomic E-state index is 0.240. The van der Waals surface area contributed by atoms with Gasteiger partial charge in [0, 0.05) is 18.8 Å². The molecule has 0 aliphatic carbocycles. The normalized spacial score (nSPS) is 12.5. The van der Waals surface area contributed by atoms with Gasteiger partial charge in [-0.25, -0.2) is 0 Å². The number of nitrogens with zero attached hydrogens (tertiary/aromatic N) is 3. The zero-order valence-corrected chi connectivity index (χ0v) is 7.96. The zero-order chi connectivity index (χ0) is 8.43. The first-order chi connectivity index (χ1) is 5.15. The Morgan fingerprint density at radius 2 is 2.45 bits per heavy atom. The Hall–Kier alpha value is -0.820. The minimum Gasteiger partial charge on any atom is -0.275 e. The molecule has 58 valence electrons. The molecular weight excluding hydrogens is 206 g/mol. The van der Waals surface area contributed by atoms with Gasteiger partial charge in [0.2, 0.25) is 0 Å². The van der Waals surface area contributed by atoms with Crippen LogP contribution in [0.3, 0.4) is 0 Å². The van der Waals surface area contributed by atoms with Crippen molar-refractivity contribution in [2.75, 3.05) is 0 Å². The van der Waals surface area contributed by atoms with Crippen LogP contribution < -0.4 is 0 Å². The van der Waals surface area contributed by atoms with E-state index in [0.29, 0.717) is 0 Å². The molecule has 1 rings (SSSR count). The molecule has 0 N–H and O–H groups in total. The SMILES string of the molecule is Cc1nn(C)cc1C(Br)C#N. The standard InChI is InChI=1S/C7H8BrN3/c1-5-6(7(8)3-9)4-11(2)10-5/h4,7H,1-2H3. The van der Waals surface area contributed by atoms with Crippen molar-refractivity contribution >= 4 is 15.9 Å². The van der Waals surface area contributed by atoms with E-state index in [1.165, 1.54) is 0 Å². The molecule has 4 heteroatoms. The zero-order valence-electron chi connectivity index (χ0n) is 6.37. The number of hydrogen-bond acceptors (Lipinski definition) is 2. The van der Waals surface area contributed by atoms with Gasteiger partial charge in [-0.2, -0.15) is 10.4 Å². The molecule has 1 unspecified atom stereocenters. The van der Waals surface area contributed by atoms with Crippen molar-refractivity contribution in [1.29, 1.82) is 5.26 Å². The van der Waals surface area contributed by atoms with Crippen molar-refractivity contribution in [3.63, 3.8) is 0 Å². The van der Waals surface area contributed by atoms with Crippen LogP contribution in [0.4, 0.5) is 0 Å². The lowest BCUT2D eigenvalue weighted by atomic mass is 10.2. The van der Waals surface area contributed by atoms with E-state index in [-0.39, 0.29) is 4.83 Å². The third kappa shape index (κ3) is 1.60. The lowest BCUT2D eigenvalue weighted by molar-refractivity contribution is 0.756. The van der Waals surface area contributed by atoms with E-state index < -0.39 is 0 Å². The first-order valence-electron chi connectivity index (χ1n) is 3.19. The second-order valence-electron chi connectivity index (χ2n) is 2.34. The largest absolute Gasteiger partial charge is 0.275 e. The number of aromatic nitrogens is 2. The predicted octanol–water partition coefficient (Wildman–Crippen LogP) is 1.69. The Bertz CT molecular complexity index is 297. The number of hydrogen-bond donors (Lipinski definition) is 0. The summed E-state index contributed by atoms with van der Waals surface area (Å²) in [6, 6.07) is 2.10. The molecule has 0 bridgehead atoms. The number of aryl methyl sites for hydroxylation is 2. The number of halogens is 1. The number of alkyl halides is 1. The molecule has 0 aromatic carbocycles. The van der Waals surface area contributed by atoms with Crippen molar-refractivity contribution in [3.05, 3.63) is 17.5 Å². The fourth-order valence-electron chi connectivity index (χ4n) is 0.936. The summed E-state index contributed by atoms with van der Waals surface area (Å²) < 4.78 is 1.70. The van der Waals surface area contributed by atoms with Gasteiger partial charge in [0.15, 0.2) is 0 Å². The van der Waals surface area contributed by atoms with Crippen molar-refractivity contribution in [3.8, 4) is 6.07 Å². The van der Waals surface area contributed by atoms with Crippen molar-refractivity contribution in [2.45, 2.75) is 11.8 Å². The predicted molar refractivity (Wildman–Crippen MR) is 45.2 cm³/mol. The van der Waals surface area contributed by atoms with Crippen molar-refractivity contribution in [1.82, 2.24) is 9.78 Å². The van der Waals surface area contributed by atoms with Crippen LogP contribution in [0, 0.1) is 18.3 Å². The molecule has 0 saturated carbocycles. The van der Waals surface area contributed by atoms with Gasteiger partial charge in [-0.3, -0.25) is 4.68 Å². The first-order valence-corrected chi connectivity index (χ1v) is 4.10. The topological polar surface area (TPSA) is 41.6 Å². The second kappa shape index (κ2) is 3.05. The molecule has 0 fully saturated rings. The van der Waals surface area contributed by atoms with Crippen LogP contribution >= 0.6 is 15.9 Å². The van der Waals surface area contributed by atoms with E-state index in [1.807, 2.05) is 20.2 Å². The summed E-state index contributed by atoms with van der Waals surface area (Å²) in [5.41, 5.74) is 1.84. The molecule has 1 aromatic heterocycles. The molecule has 0 amide bonds. The Balaban J connectivity index is 3.05. The summed E-state index contributed by atoms with van der Waals surface area (Å²) >= 11 is 3.23. The quantitative estimate of drug-likeness (QED) is 0.667. The van der Waals surface area contributed by atoms with Gasteiger partial charge in [-0.15, -0.1) is 0 Å². The fraction of sp³-hybridized carbons (Fsp3) is 0.429. The molecule has 0 saturated heterocycles. The van der Waals surface area contributed by atoms with E-state index >= 15 is 0 Å². The van der Waals surface area contributed by atoms with Crippen LogP contribution in [0.5, 0.6) is 0 Å². The maximum absolute atomic E-state index is 8.59. The van der Waals surface area contributed by atoms with E-state index in [9.17, 15) is 0 Å². The molecule has 3 nitrogen and oxygen atoms in total. The highest BCUT2D eigenvalue weighted by Gasteiger charge is 2.11. The van der Waals surface area contributed by atoms with Crippen LogP contribution in [-0.2, 0) is 7.05 Å². The smallest absolute Gasteiger partial charge is 0.129 e. The molecule has 0 spiro atoms. The summed E-state index contributed by atoms with van der Waals surface area (Å²) in [6.07, 6.45) is 1.85. The Kier molecular flexibility index (Phi) is 2.30. The third-order valence-corrected chi connectivity index (χ3v) is 2.14. The number of rotatable bonds is 1. The van der Waals surface area contributed by atoms with Crippen LogP contribution in [0.25, 0.3) is 0 Å². The van der Waals surface area contributed by atoms with Crippen molar-refractivity contribution < 1.29 is 0 Å². The van der Waals surface area contributed by atoms with Crippen molar-refractivity contribution in [2.24, 2.45) is 7.05 Å². The Morgan fingerprint density at radius 1 is 1.82 bits per heavy atom. The van der Waals surface area contributed by atoms with Crippen LogP contribution in [0.2, 0.25) is 0 Å². The van der Waals surface area contributed by atoms with Crippen LogP contribution in [0.1, 0.15) is 16.1 Å². The highest BCUT2D eigenvalue weighted by atomic mass is 79.9. The molecule has 0 aliphatic heterocycles. The van der Waals surface area contributed by atoms with Gasteiger partial charge in [0.25, 0.3) is 0 Å². The molecule has 1 atom stereocenters. The van der Waals surface area contributed by atoms with E-state index in [2.05, 4.69) is 27.1 Å². The molecule has 0 radical (unpaired) electrons. The lowest BCUT2D eigenvalue weighted by Crippen LogP contribution is -1.86. The summed E-state index contributed by atoms with van der Waals surface area (Å²) in [5.74, 6) is 0. The summed E-state index contributed by atoms with van der Waals surface area (Å²) in [5, 5.41) is 12.7. The lowest BCUT2D eigenvalue weighted by Gasteiger charge is -1.94. The van der Waals surface area contributed by atoms with Gasteiger partial charge >= 0.3 is 0 Å². The minimum atomic E-state index is -0.240. The van der Waals surface area contributed by atoms with Crippen LogP contribution in [-0.4, -0.2) is 9.78 Å². The molecular formula is C7H8BrN3. The van der Waals surface area contributed by atoms with Gasteiger partial charge < -0.3 is 0 Å². The molecule has 0 aliphatic rings. The molecule has 1 aromatic rings. The highest BCUT2D eigenvalue weighted by molar-refractivity contribution is 9.09. The Labute approximate surface area is 73.8 Å².